The Kier molecular flexibility index (Phi) is 6.12. The zero-order valence-corrected chi connectivity index (χ0v) is 19.1. The molecule has 2 saturated heterocycles. The van der Waals surface area contributed by atoms with Crippen LogP contribution in [0.2, 0.25) is 0 Å². The Bertz CT molecular complexity index is 855. The Hall–Kier alpha value is -1.25. The monoisotopic (exact) mass is 439 g/mol. The predicted octanol–water partition coefficient (Wildman–Crippen LogP) is 2.98. The largest absolute Gasteiger partial charge is 0.488 e. The van der Waals surface area contributed by atoms with Crippen LogP contribution in [0, 0.1) is 5.92 Å². The van der Waals surface area contributed by atoms with Crippen LogP contribution < -0.4 is 4.74 Å². The maximum atomic E-state index is 13.9. The van der Waals surface area contributed by atoms with Crippen molar-refractivity contribution in [2.75, 3.05) is 39.0 Å². The number of nitrogens with zero attached hydrogens (tertiary/aromatic N) is 3. The number of fused-ring (bicyclic) bond motifs is 1. The Morgan fingerprint density at radius 1 is 1.17 bits per heavy atom. The normalized spacial score (nSPS) is 25.3. The number of sulfonamides is 1. The van der Waals surface area contributed by atoms with Crippen LogP contribution in [0.15, 0.2) is 12.3 Å². The molecule has 4 rings (SSSR count). The van der Waals surface area contributed by atoms with Crippen LogP contribution in [0.5, 0.6) is 5.75 Å². The van der Waals surface area contributed by atoms with E-state index in [4.69, 9.17) is 4.74 Å². The van der Waals surface area contributed by atoms with Gasteiger partial charge in [-0.3, -0.25) is 4.98 Å². The first kappa shape index (κ1) is 22.0. The molecule has 1 unspecified atom stereocenters. The van der Waals surface area contributed by atoms with E-state index in [-0.39, 0.29) is 6.10 Å². The molecule has 1 atom stereocenters. The molecule has 30 heavy (non-hydrogen) atoms. The second-order valence-electron chi connectivity index (χ2n) is 9.85. The van der Waals surface area contributed by atoms with E-state index in [1.54, 1.807) is 18.2 Å². The molecule has 1 aromatic rings. The second kappa shape index (κ2) is 8.36. The summed E-state index contributed by atoms with van der Waals surface area (Å²) in [4.78, 5) is 6.87. The van der Waals surface area contributed by atoms with Gasteiger partial charge in [0.05, 0.1) is 12.5 Å². The third-order valence-electron chi connectivity index (χ3n) is 6.77. The zero-order valence-electron chi connectivity index (χ0n) is 18.3. The highest BCUT2D eigenvalue weighted by Crippen LogP contribution is 2.37. The van der Waals surface area contributed by atoms with Gasteiger partial charge in [0.25, 0.3) is 0 Å². The number of hydrogen-bond donors (Lipinski definition) is 0. The molecule has 8 heteroatoms. The van der Waals surface area contributed by atoms with Crippen molar-refractivity contribution in [2.24, 2.45) is 5.92 Å². The number of halogens is 1. The van der Waals surface area contributed by atoms with E-state index < -0.39 is 15.7 Å². The fraction of sp³-hybridized carbons (Fsp3) is 0.773. The molecular weight excluding hydrogens is 405 g/mol. The van der Waals surface area contributed by atoms with Gasteiger partial charge in [-0.05, 0) is 64.6 Å². The van der Waals surface area contributed by atoms with E-state index in [1.165, 1.54) is 11.8 Å². The van der Waals surface area contributed by atoms with Crippen LogP contribution in [0.25, 0.3) is 0 Å². The van der Waals surface area contributed by atoms with Gasteiger partial charge in [-0.2, -0.15) is 0 Å². The molecule has 0 bridgehead atoms. The number of aromatic nitrogens is 1. The third kappa shape index (κ3) is 5.14. The summed E-state index contributed by atoms with van der Waals surface area (Å²) in [7, 11) is -3.11. The number of hydrogen-bond acceptors (Lipinski definition) is 5. The number of ether oxygens (including phenoxy) is 1. The number of alkyl halides is 1. The summed E-state index contributed by atoms with van der Waals surface area (Å²) in [5, 5.41) is 0. The van der Waals surface area contributed by atoms with Gasteiger partial charge in [-0.15, -0.1) is 0 Å². The zero-order chi connectivity index (χ0) is 21.5. The number of likely N-dealkylation sites (tertiary alicyclic amines) is 1. The van der Waals surface area contributed by atoms with Crippen molar-refractivity contribution in [1.82, 2.24) is 14.2 Å². The van der Waals surface area contributed by atoms with E-state index >= 15 is 0 Å². The maximum Gasteiger partial charge on any atom is 0.211 e. The molecule has 0 aromatic carbocycles. The van der Waals surface area contributed by atoms with Crippen LogP contribution in [-0.4, -0.2) is 73.4 Å². The minimum atomic E-state index is -3.11. The highest BCUT2D eigenvalue weighted by atomic mass is 32.2. The maximum absolute atomic E-state index is 13.9. The molecule has 0 N–H and O–H groups in total. The average molecular weight is 440 g/mol. The molecule has 0 spiro atoms. The SMILES string of the molecule is CC(C)(F)CN1CCC(C2Cc3cc(C4CCN(S(C)(=O)=O)CC4)ncc3O2)CC1. The van der Waals surface area contributed by atoms with Crippen LogP contribution in [0.1, 0.15) is 56.7 Å². The van der Waals surface area contributed by atoms with E-state index in [2.05, 4.69) is 16.0 Å². The van der Waals surface area contributed by atoms with Crippen molar-refractivity contribution in [3.8, 4) is 5.75 Å². The number of rotatable bonds is 5. The first-order valence-electron chi connectivity index (χ1n) is 11.1. The van der Waals surface area contributed by atoms with Crippen molar-refractivity contribution in [2.45, 2.75) is 63.6 Å². The quantitative estimate of drug-likeness (QED) is 0.706. The summed E-state index contributed by atoms with van der Waals surface area (Å²) < 4.78 is 45.2. The summed E-state index contributed by atoms with van der Waals surface area (Å²) >= 11 is 0. The summed E-state index contributed by atoms with van der Waals surface area (Å²) in [6, 6.07) is 2.18. The van der Waals surface area contributed by atoms with Gasteiger partial charge in [-0.25, -0.2) is 17.1 Å². The molecule has 1 aromatic heterocycles. The highest BCUT2D eigenvalue weighted by molar-refractivity contribution is 7.88. The third-order valence-corrected chi connectivity index (χ3v) is 8.07. The van der Waals surface area contributed by atoms with E-state index in [0.29, 0.717) is 31.5 Å². The Morgan fingerprint density at radius 2 is 1.83 bits per heavy atom. The minimum absolute atomic E-state index is 0.185. The second-order valence-corrected chi connectivity index (χ2v) is 11.8. The number of piperidine rings is 2. The Labute approximate surface area is 179 Å². The van der Waals surface area contributed by atoms with Gasteiger partial charge in [0.15, 0.2) is 0 Å². The molecule has 0 aliphatic carbocycles. The number of pyridine rings is 1. The fourth-order valence-electron chi connectivity index (χ4n) is 5.17. The molecular formula is C22H34FN3O3S. The van der Waals surface area contributed by atoms with Crippen molar-refractivity contribution in [3.63, 3.8) is 0 Å². The van der Waals surface area contributed by atoms with E-state index in [9.17, 15) is 12.8 Å². The fourth-order valence-corrected chi connectivity index (χ4v) is 6.05. The van der Waals surface area contributed by atoms with Crippen molar-refractivity contribution in [1.29, 1.82) is 0 Å². The molecule has 0 radical (unpaired) electrons. The van der Waals surface area contributed by atoms with Crippen molar-refractivity contribution in [3.05, 3.63) is 23.5 Å². The lowest BCUT2D eigenvalue weighted by Gasteiger charge is -2.36. The van der Waals surface area contributed by atoms with Crippen molar-refractivity contribution >= 4 is 10.0 Å². The highest BCUT2D eigenvalue weighted by Gasteiger charge is 2.35. The van der Waals surface area contributed by atoms with Gasteiger partial charge >= 0.3 is 0 Å². The van der Waals surface area contributed by atoms with Gasteiger partial charge in [0.1, 0.15) is 17.5 Å². The van der Waals surface area contributed by atoms with E-state index in [1.807, 2.05) is 6.20 Å². The standard InChI is InChI=1S/C22H34FN3O3S/c1-22(2,23)15-25-8-4-17(5-9-25)20-13-18-12-19(24-14-21(18)29-20)16-6-10-26(11-7-16)30(3,27)28/h12,14,16-17,20H,4-11,13,15H2,1-3H3. The molecule has 4 heterocycles. The topological polar surface area (TPSA) is 62.7 Å². The molecule has 0 amide bonds. The Morgan fingerprint density at radius 3 is 2.43 bits per heavy atom. The van der Waals surface area contributed by atoms with Gasteiger partial charge in [0.2, 0.25) is 10.0 Å². The first-order valence-corrected chi connectivity index (χ1v) is 13.0. The minimum Gasteiger partial charge on any atom is -0.488 e. The summed E-state index contributed by atoms with van der Waals surface area (Å²) in [6.45, 7) is 6.77. The molecule has 3 aliphatic heterocycles. The molecule has 168 valence electrons. The van der Waals surface area contributed by atoms with Crippen LogP contribution in [-0.2, 0) is 16.4 Å². The van der Waals surface area contributed by atoms with Crippen LogP contribution in [0.3, 0.4) is 0 Å². The lowest BCUT2D eigenvalue weighted by Crippen LogP contribution is -2.43. The van der Waals surface area contributed by atoms with E-state index in [0.717, 1.165) is 56.6 Å². The molecule has 6 nitrogen and oxygen atoms in total. The molecule has 3 aliphatic rings. The summed E-state index contributed by atoms with van der Waals surface area (Å²) in [5.41, 5.74) is 1.14. The van der Waals surface area contributed by atoms with Gasteiger partial charge in [0, 0.05) is 43.2 Å². The lowest BCUT2D eigenvalue weighted by molar-refractivity contribution is 0.0606. The van der Waals surface area contributed by atoms with Gasteiger partial charge < -0.3 is 9.64 Å². The smallest absolute Gasteiger partial charge is 0.211 e. The Balaban J connectivity index is 1.33. The first-order chi connectivity index (χ1) is 14.1. The lowest BCUT2D eigenvalue weighted by atomic mass is 9.88. The molecule has 2 fully saturated rings. The van der Waals surface area contributed by atoms with Crippen molar-refractivity contribution < 1.29 is 17.5 Å². The predicted molar refractivity (Wildman–Crippen MR) is 115 cm³/mol. The molecule has 0 saturated carbocycles. The van der Waals surface area contributed by atoms with Gasteiger partial charge in [-0.1, -0.05) is 0 Å². The average Bonchev–Trinajstić information content (AvgIpc) is 3.10. The van der Waals surface area contributed by atoms with Crippen LogP contribution in [0.4, 0.5) is 4.39 Å². The summed E-state index contributed by atoms with van der Waals surface area (Å²) in [5.74, 6) is 1.70. The summed E-state index contributed by atoms with van der Waals surface area (Å²) in [6.07, 6.45) is 7.93. The van der Waals surface area contributed by atoms with Crippen LogP contribution >= 0.6 is 0 Å².